The second kappa shape index (κ2) is 5.20. The summed E-state index contributed by atoms with van der Waals surface area (Å²) in [4.78, 5) is 39.8. The van der Waals surface area contributed by atoms with Crippen LogP contribution >= 0.6 is 11.6 Å². The van der Waals surface area contributed by atoms with Gasteiger partial charge in [-0.1, -0.05) is 25.4 Å². The Labute approximate surface area is 137 Å². The van der Waals surface area contributed by atoms with Gasteiger partial charge in [-0.05, 0) is 18.2 Å². The zero-order valence-corrected chi connectivity index (χ0v) is 13.8. The number of hydrogen-bond acceptors (Lipinski definition) is 4. The number of aromatic nitrogens is 1. The van der Waals surface area contributed by atoms with Gasteiger partial charge in [-0.3, -0.25) is 14.4 Å². The summed E-state index contributed by atoms with van der Waals surface area (Å²) in [6, 6.07) is 4.86. The number of H-pyrrole nitrogens is 1. The van der Waals surface area contributed by atoms with E-state index in [4.69, 9.17) is 16.3 Å². The van der Waals surface area contributed by atoms with Crippen molar-refractivity contribution in [1.82, 2.24) is 4.98 Å². The fourth-order valence-corrected chi connectivity index (χ4v) is 3.29. The molecule has 1 unspecified atom stereocenters. The summed E-state index contributed by atoms with van der Waals surface area (Å²) in [6.07, 6.45) is -0.548. The van der Waals surface area contributed by atoms with Crippen LogP contribution in [0.1, 0.15) is 49.3 Å². The molecule has 23 heavy (non-hydrogen) atoms. The molecule has 2 aromatic rings. The van der Waals surface area contributed by atoms with Crippen molar-refractivity contribution in [1.29, 1.82) is 0 Å². The lowest BCUT2D eigenvalue weighted by Crippen LogP contribution is -2.38. The SMILES string of the molecule is CC(=O)OC1c2[nH]c3ccc(Cl)cc3c(=O)c2C(=O)CC1(C)C. The molecule has 0 aliphatic heterocycles. The first-order chi connectivity index (χ1) is 10.7. The van der Waals surface area contributed by atoms with E-state index in [2.05, 4.69) is 4.98 Å². The van der Waals surface area contributed by atoms with E-state index in [-0.39, 0.29) is 23.2 Å². The molecular formula is C17H16ClNO4. The standard InChI is InChI=1S/C17H16ClNO4/c1-8(20)23-16-14-13(12(21)7-17(16,2)3)15(22)10-6-9(18)4-5-11(10)19-14/h4-6,16H,7H2,1-3H3,(H,19,22). The number of aromatic amines is 1. The van der Waals surface area contributed by atoms with Gasteiger partial charge >= 0.3 is 5.97 Å². The maximum atomic E-state index is 12.7. The summed E-state index contributed by atoms with van der Waals surface area (Å²) in [5.74, 6) is -0.711. The number of halogens is 1. The number of esters is 1. The van der Waals surface area contributed by atoms with Gasteiger partial charge < -0.3 is 9.72 Å². The average Bonchev–Trinajstić information content (AvgIpc) is 2.43. The largest absolute Gasteiger partial charge is 0.456 e. The number of carbonyl (C=O) groups is 2. The van der Waals surface area contributed by atoms with E-state index < -0.39 is 17.5 Å². The van der Waals surface area contributed by atoms with E-state index in [1.54, 1.807) is 12.1 Å². The number of fused-ring (bicyclic) bond motifs is 2. The Morgan fingerprint density at radius 2 is 2.04 bits per heavy atom. The molecule has 1 N–H and O–H groups in total. The molecule has 0 saturated heterocycles. The number of ether oxygens (including phenoxy) is 1. The van der Waals surface area contributed by atoms with Crippen LogP contribution in [0.4, 0.5) is 0 Å². The Morgan fingerprint density at radius 1 is 1.35 bits per heavy atom. The second-order valence-electron chi connectivity index (χ2n) is 6.51. The zero-order chi connectivity index (χ0) is 16.9. The molecule has 1 aliphatic carbocycles. The lowest BCUT2D eigenvalue weighted by Gasteiger charge is -2.37. The molecule has 1 atom stereocenters. The maximum absolute atomic E-state index is 12.7. The van der Waals surface area contributed by atoms with E-state index in [1.165, 1.54) is 13.0 Å². The molecule has 0 bridgehead atoms. The third-order valence-electron chi connectivity index (χ3n) is 4.14. The van der Waals surface area contributed by atoms with Crippen LogP contribution in [0.15, 0.2) is 23.0 Å². The first-order valence-corrected chi connectivity index (χ1v) is 7.64. The van der Waals surface area contributed by atoms with Gasteiger partial charge in [0.1, 0.15) is 6.10 Å². The quantitative estimate of drug-likeness (QED) is 0.811. The summed E-state index contributed by atoms with van der Waals surface area (Å²) in [7, 11) is 0. The second-order valence-corrected chi connectivity index (χ2v) is 6.95. The van der Waals surface area contributed by atoms with Crippen LogP contribution in [0, 0.1) is 5.41 Å². The molecule has 120 valence electrons. The van der Waals surface area contributed by atoms with Gasteiger partial charge in [-0.15, -0.1) is 0 Å². The number of Topliss-reactive ketones (excluding diaryl/α,β-unsaturated/α-hetero) is 1. The molecule has 0 fully saturated rings. The first-order valence-electron chi connectivity index (χ1n) is 7.26. The van der Waals surface area contributed by atoms with Crippen molar-refractivity contribution in [2.45, 2.75) is 33.3 Å². The summed E-state index contributed by atoms with van der Waals surface area (Å²) in [6.45, 7) is 4.99. The van der Waals surface area contributed by atoms with E-state index in [0.717, 1.165) is 0 Å². The van der Waals surface area contributed by atoms with Crippen LogP contribution < -0.4 is 5.43 Å². The van der Waals surface area contributed by atoms with Gasteiger partial charge in [0.05, 0.1) is 11.3 Å². The molecule has 1 aromatic heterocycles. The number of benzene rings is 1. The van der Waals surface area contributed by atoms with E-state index in [1.807, 2.05) is 13.8 Å². The van der Waals surface area contributed by atoms with Crippen molar-refractivity contribution in [3.63, 3.8) is 0 Å². The molecule has 0 spiro atoms. The highest BCUT2D eigenvalue weighted by molar-refractivity contribution is 6.31. The van der Waals surface area contributed by atoms with Gasteiger partial charge in [-0.2, -0.15) is 0 Å². The number of hydrogen-bond donors (Lipinski definition) is 1. The van der Waals surface area contributed by atoms with Gasteiger partial charge in [0, 0.05) is 34.7 Å². The van der Waals surface area contributed by atoms with Crippen molar-refractivity contribution < 1.29 is 14.3 Å². The molecule has 0 radical (unpaired) electrons. The van der Waals surface area contributed by atoms with Crippen LogP contribution in [-0.4, -0.2) is 16.7 Å². The van der Waals surface area contributed by atoms with Crippen molar-refractivity contribution in [3.8, 4) is 0 Å². The lowest BCUT2D eigenvalue weighted by molar-refractivity contribution is -0.154. The summed E-state index contributed by atoms with van der Waals surface area (Å²) >= 11 is 5.95. The van der Waals surface area contributed by atoms with E-state index >= 15 is 0 Å². The summed E-state index contributed by atoms with van der Waals surface area (Å²) in [5, 5.41) is 0.772. The van der Waals surface area contributed by atoms with E-state index in [9.17, 15) is 14.4 Å². The minimum atomic E-state index is -0.680. The zero-order valence-electron chi connectivity index (χ0n) is 13.0. The summed E-state index contributed by atoms with van der Waals surface area (Å²) < 4.78 is 5.42. The number of rotatable bonds is 1. The van der Waals surface area contributed by atoms with Crippen molar-refractivity contribution in [3.05, 3.63) is 44.7 Å². The number of ketones is 1. The topological polar surface area (TPSA) is 76.2 Å². The molecule has 1 heterocycles. The van der Waals surface area contributed by atoms with Crippen molar-refractivity contribution in [2.24, 2.45) is 5.41 Å². The molecule has 1 aromatic carbocycles. The van der Waals surface area contributed by atoms with Crippen LogP contribution in [-0.2, 0) is 9.53 Å². The first kappa shape index (κ1) is 15.7. The Balaban J connectivity index is 2.35. The number of pyridine rings is 1. The van der Waals surface area contributed by atoms with Gasteiger partial charge in [0.25, 0.3) is 0 Å². The average molecular weight is 334 g/mol. The third kappa shape index (κ3) is 2.55. The normalized spacial score (nSPS) is 19.5. The highest BCUT2D eigenvalue weighted by Crippen LogP contribution is 2.44. The highest BCUT2D eigenvalue weighted by Gasteiger charge is 2.44. The Kier molecular flexibility index (Phi) is 3.56. The predicted molar refractivity (Wildman–Crippen MR) is 86.8 cm³/mol. The van der Waals surface area contributed by atoms with Crippen molar-refractivity contribution >= 4 is 34.3 Å². The van der Waals surface area contributed by atoms with Crippen LogP contribution in [0.25, 0.3) is 10.9 Å². The lowest BCUT2D eigenvalue weighted by atomic mass is 9.73. The minimum absolute atomic E-state index is 0.0605. The van der Waals surface area contributed by atoms with Crippen LogP contribution in [0.2, 0.25) is 5.02 Å². The number of nitrogens with one attached hydrogen (secondary N) is 1. The molecule has 5 nitrogen and oxygen atoms in total. The fraction of sp³-hybridized carbons (Fsp3) is 0.353. The monoisotopic (exact) mass is 333 g/mol. The Morgan fingerprint density at radius 3 is 2.70 bits per heavy atom. The Bertz CT molecular complexity index is 897. The molecule has 3 rings (SSSR count). The smallest absolute Gasteiger partial charge is 0.303 e. The van der Waals surface area contributed by atoms with Crippen molar-refractivity contribution in [2.75, 3.05) is 0 Å². The molecule has 1 aliphatic rings. The van der Waals surface area contributed by atoms with Crippen LogP contribution in [0.5, 0.6) is 0 Å². The maximum Gasteiger partial charge on any atom is 0.303 e. The Hall–Kier alpha value is -2.14. The summed E-state index contributed by atoms with van der Waals surface area (Å²) in [5.41, 5.74) is 0.0000255. The van der Waals surface area contributed by atoms with E-state index in [0.29, 0.717) is 21.6 Å². The fourth-order valence-electron chi connectivity index (χ4n) is 3.12. The minimum Gasteiger partial charge on any atom is -0.456 e. The number of carbonyl (C=O) groups excluding carboxylic acids is 2. The molecule has 0 amide bonds. The van der Waals surface area contributed by atoms with Crippen LogP contribution in [0.3, 0.4) is 0 Å². The predicted octanol–water partition coefficient (Wildman–Crippen LogP) is 3.40. The van der Waals surface area contributed by atoms with Gasteiger partial charge in [0.15, 0.2) is 5.78 Å². The molecular weight excluding hydrogens is 318 g/mol. The van der Waals surface area contributed by atoms with Gasteiger partial charge in [-0.25, -0.2) is 0 Å². The van der Waals surface area contributed by atoms with Gasteiger partial charge in [0.2, 0.25) is 5.43 Å². The molecule has 6 heteroatoms. The highest BCUT2D eigenvalue weighted by atomic mass is 35.5. The molecule has 0 saturated carbocycles. The third-order valence-corrected chi connectivity index (χ3v) is 4.38.